The van der Waals surface area contributed by atoms with Crippen LogP contribution in [0, 0.1) is 11.8 Å². The summed E-state index contributed by atoms with van der Waals surface area (Å²) in [4.78, 5) is 0. The van der Waals surface area contributed by atoms with Crippen LogP contribution in [-0.4, -0.2) is 24.8 Å². The van der Waals surface area contributed by atoms with Crippen LogP contribution in [0.2, 0.25) is 0 Å². The summed E-state index contributed by atoms with van der Waals surface area (Å²) in [5.41, 5.74) is 0.242. The molecule has 0 bridgehead atoms. The van der Waals surface area contributed by atoms with Crippen molar-refractivity contribution in [2.24, 2.45) is 11.8 Å². The summed E-state index contributed by atoms with van der Waals surface area (Å²) in [5.74, 6) is 1.59. The van der Waals surface area contributed by atoms with Gasteiger partial charge < -0.3 is 10.1 Å². The van der Waals surface area contributed by atoms with Crippen molar-refractivity contribution in [2.45, 2.75) is 65.5 Å². The molecule has 0 spiro atoms. The van der Waals surface area contributed by atoms with Gasteiger partial charge in [-0.05, 0) is 65.8 Å². The standard InChI is InChI=1S/C14H29NO/c1-11(2)16-10-13-8-6-7-12(13)9-15-14(3,4)5/h11-13,15H,6-10H2,1-5H3. The molecular formula is C14H29NO. The molecule has 2 nitrogen and oxygen atoms in total. The number of rotatable bonds is 5. The largest absolute Gasteiger partial charge is 0.378 e. The Morgan fingerprint density at radius 3 is 2.38 bits per heavy atom. The van der Waals surface area contributed by atoms with Gasteiger partial charge in [-0.1, -0.05) is 6.42 Å². The summed E-state index contributed by atoms with van der Waals surface area (Å²) >= 11 is 0. The lowest BCUT2D eigenvalue weighted by atomic mass is 9.95. The van der Waals surface area contributed by atoms with Crippen LogP contribution in [0.15, 0.2) is 0 Å². The molecule has 1 aliphatic rings. The van der Waals surface area contributed by atoms with Crippen LogP contribution >= 0.6 is 0 Å². The summed E-state index contributed by atoms with van der Waals surface area (Å²) in [7, 11) is 0. The van der Waals surface area contributed by atoms with E-state index in [1.165, 1.54) is 19.3 Å². The number of hydrogen-bond donors (Lipinski definition) is 1. The van der Waals surface area contributed by atoms with Crippen LogP contribution in [0.3, 0.4) is 0 Å². The van der Waals surface area contributed by atoms with E-state index in [0.717, 1.165) is 25.0 Å². The average Bonchev–Trinajstić information content (AvgIpc) is 2.57. The zero-order chi connectivity index (χ0) is 12.2. The second-order valence-electron chi connectivity index (χ2n) is 6.46. The van der Waals surface area contributed by atoms with Crippen molar-refractivity contribution in [3.8, 4) is 0 Å². The summed E-state index contributed by atoms with van der Waals surface area (Å²) in [6.45, 7) is 13.1. The molecule has 2 atom stereocenters. The Morgan fingerprint density at radius 2 is 1.81 bits per heavy atom. The summed E-state index contributed by atoms with van der Waals surface area (Å²) < 4.78 is 5.76. The van der Waals surface area contributed by atoms with Gasteiger partial charge in [0.1, 0.15) is 0 Å². The fraction of sp³-hybridized carbons (Fsp3) is 1.00. The quantitative estimate of drug-likeness (QED) is 0.778. The molecule has 2 unspecified atom stereocenters. The molecule has 1 aliphatic carbocycles. The molecule has 0 radical (unpaired) electrons. The zero-order valence-corrected chi connectivity index (χ0v) is 11.7. The van der Waals surface area contributed by atoms with Crippen LogP contribution in [-0.2, 0) is 4.74 Å². The van der Waals surface area contributed by atoms with E-state index in [1.54, 1.807) is 0 Å². The van der Waals surface area contributed by atoms with Gasteiger partial charge in [-0.3, -0.25) is 0 Å². The van der Waals surface area contributed by atoms with Crippen molar-refractivity contribution in [3.05, 3.63) is 0 Å². The molecule has 1 saturated carbocycles. The van der Waals surface area contributed by atoms with E-state index in [0.29, 0.717) is 6.10 Å². The van der Waals surface area contributed by atoms with Gasteiger partial charge >= 0.3 is 0 Å². The van der Waals surface area contributed by atoms with Crippen LogP contribution in [0.1, 0.15) is 53.9 Å². The number of ether oxygens (including phenoxy) is 1. The lowest BCUT2D eigenvalue weighted by molar-refractivity contribution is 0.0405. The normalized spacial score (nSPS) is 26.6. The number of nitrogens with one attached hydrogen (secondary N) is 1. The van der Waals surface area contributed by atoms with E-state index in [-0.39, 0.29) is 5.54 Å². The van der Waals surface area contributed by atoms with E-state index in [9.17, 15) is 0 Å². The van der Waals surface area contributed by atoms with Crippen LogP contribution in [0.25, 0.3) is 0 Å². The van der Waals surface area contributed by atoms with E-state index in [2.05, 4.69) is 39.9 Å². The summed E-state index contributed by atoms with van der Waals surface area (Å²) in [6.07, 6.45) is 4.47. The van der Waals surface area contributed by atoms with Crippen molar-refractivity contribution in [2.75, 3.05) is 13.2 Å². The van der Waals surface area contributed by atoms with Crippen molar-refractivity contribution in [1.29, 1.82) is 0 Å². The topological polar surface area (TPSA) is 21.3 Å². The molecule has 2 heteroatoms. The lowest BCUT2D eigenvalue weighted by Crippen LogP contribution is -2.40. The average molecular weight is 227 g/mol. The van der Waals surface area contributed by atoms with Gasteiger partial charge in [-0.25, -0.2) is 0 Å². The maximum absolute atomic E-state index is 5.76. The minimum Gasteiger partial charge on any atom is -0.378 e. The molecule has 0 aromatic heterocycles. The molecule has 1 fully saturated rings. The Hall–Kier alpha value is -0.0800. The van der Waals surface area contributed by atoms with Gasteiger partial charge in [0, 0.05) is 5.54 Å². The van der Waals surface area contributed by atoms with Gasteiger partial charge in [-0.15, -0.1) is 0 Å². The Morgan fingerprint density at radius 1 is 1.19 bits per heavy atom. The van der Waals surface area contributed by atoms with Crippen LogP contribution < -0.4 is 5.32 Å². The summed E-state index contributed by atoms with van der Waals surface area (Å²) in [5, 5.41) is 3.63. The third kappa shape index (κ3) is 5.31. The summed E-state index contributed by atoms with van der Waals surface area (Å²) in [6, 6.07) is 0. The van der Waals surface area contributed by atoms with Gasteiger partial charge in [-0.2, -0.15) is 0 Å². The maximum atomic E-state index is 5.76. The highest BCUT2D eigenvalue weighted by Crippen LogP contribution is 2.32. The van der Waals surface area contributed by atoms with E-state index >= 15 is 0 Å². The van der Waals surface area contributed by atoms with E-state index in [4.69, 9.17) is 4.74 Å². The van der Waals surface area contributed by atoms with Crippen molar-refractivity contribution in [3.63, 3.8) is 0 Å². The molecule has 1 rings (SSSR count). The van der Waals surface area contributed by atoms with E-state index in [1.807, 2.05) is 0 Å². The first kappa shape index (κ1) is 14.0. The minimum atomic E-state index is 0.242. The molecule has 96 valence electrons. The van der Waals surface area contributed by atoms with Crippen molar-refractivity contribution < 1.29 is 4.74 Å². The van der Waals surface area contributed by atoms with E-state index < -0.39 is 0 Å². The molecule has 0 amide bonds. The fourth-order valence-electron chi connectivity index (χ4n) is 2.36. The SMILES string of the molecule is CC(C)OCC1CCCC1CNC(C)(C)C. The molecule has 1 N–H and O–H groups in total. The molecule has 0 heterocycles. The monoisotopic (exact) mass is 227 g/mol. The highest BCUT2D eigenvalue weighted by Gasteiger charge is 2.28. The van der Waals surface area contributed by atoms with Gasteiger partial charge in [0.05, 0.1) is 12.7 Å². The predicted octanol–water partition coefficient (Wildman–Crippen LogP) is 3.22. The number of hydrogen-bond acceptors (Lipinski definition) is 2. The Bertz CT molecular complexity index is 195. The van der Waals surface area contributed by atoms with Gasteiger partial charge in [0.2, 0.25) is 0 Å². The third-order valence-corrected chi connectivity index (χ3v) is 3.35. The Labute approximate surface area is 101 Å². The molecular weight excluding hydrogens is 198 g/mol. The third-order valence-electron chi connectivity index (χ3n) is 3.35. The second-order valence-corrected chi connectivity index (χ2v) is 6.46. The van der Waals surface area contributed by atoms with Crippen LogP contribution in [0.4, 0.5) is 0 Å². The highest BCUT2D eigenvalue weighted by atomic mass is 16.5. The molecule has 0 aromatic rings. The predicted molar refractivity (Wildman–Crippen MR) is 69.7 cm³/mol. The lowest BCUT2D eigenvalue weighted by Gasteiger charge is -2.26. The minimum absolute atomic E-state index is 0.242. The first-order valence-electron chi connectivity index (χ1n) is 6.75. The first-order chi connectivity index (χ1) is 7.38. The molecule has 0 aliphatic heterocycles. The molecule has 0 aromatic carbocycles. The van der Waals surface area contributed by atoms with Crippen molar-refractivity contribution in [1.82, 2.24) is 5.32 Å². The first-order valence-corrected chi connectivity index (χ1v) is 6.75. The molecule has 16 heavy (non-hydrogen) atoms. The molecule has 0 saturated heterocycles. The fourth-order valence-corrected chi connectivity index (χ4v) is 2.36. The second kappa shape index (κ2) is 6.02. The van der Waals surface area contributed by atoms with Gasteiger partial charge in [0.25, 0.3) is 0 Å². The Kier molecular flexibility index (Phi) is 5.26. The highest BCUT2D eigenvalue weighted by molar-refractivity contribution is 4.82. The smallest absolute Gasteiger partial charge is 0.0519 e. The zero-order valence-electron chi connectivity index (χ0n) is 11.7. The van der Waals surface area contributed by atoms with Gasteiger partial charge in [0.15, 0.2) is 0 Å². The van der Waals surface area contributed by atoms with Crippen molar-refractivity contribution >= 4 is 0 Å². The van der Waals surface area contributed by atoms with Crippen LogP contribution in [0.5, 0.6) is 0 Å². The maximum Gasteiger partial charge on any atom is 0.0519 e. The Balaban J connectivity index is 2.29.